The van der Waals surface area contributed by atoms with Gasteiger partial charge < -0.3 is 40.2 Å². The number of aliphatic hydroxyl groups is 3. The van der Waals surface area contributed by atoms with E-state index in [0.29, 0.717) is 12.3 Å². The first kappa shape index (κ1) is 42.9. The van der Waals surface area contributed by atoms with Crippen LogP contribution in [-0.2, 0) is 23.8 Å². The molecule has 18 heteroatoms. The summed E-state index contributed by atoms with van der Waals surface area (Å²) in [6.45, 7) is 6.70. The van der Waals surface area contributed by atoms with Gasteiger partial charge in [0.2, 0.25) is 5.91 Å². The van der Waals surface area contributed by atoms with Gasteiger partial charge in [-0.3, -0.25) is 24.6 Å². The molecule has 1 aromatic carbocycles. The number of rotatable bonds is 17. The Balaban J connectivity index is 1.70. The Morgan fingerprint density at radius 3 is 2.42 bits per heavy atom. The molecule has 0 spiro atoms. The Labute approximate surface area is 312 Å². The third kappa shape index (κ3) is 10.8. The van der Waals surface area contributed by atoms with Gasteiger partial charge in [-0.25, -0.2) is 0 Å². The van der Waals surface area contributed by atoms with Gasteiger partial charge in [0.15, 0.2) is 4.33 Å². The van der Waals surface area contributed by atoms with Crippen molar-refractivity contribution >= 4 is 64.1 Å². The number of carbonyl (C=O) groups is 2. The van der Waals surface area contributed by atoms with Crippen LogP contribution in [0.25, 0.3) is 0 Å². The maximum Gasteiger partial charge on any atom is 0.269 e. The summed E-state index contributed by atoms with van der Waals surface area (Å²) >= 11 is 19.7. The third-order valence-electron chi connectivity index (χ3n) is 9.25. The highest BCUT2D eigenvalue weighted by Crippen LogP contribution is 2.41. The molecule has 1 aromatic rings. The van der Waals surface area contributed by atoms with Crippen molar-refractivity contribution in [3.63, 3.8) is 0 Å². The SMILES string of the molecule is CCCC1CC(C(=O)N[C@H](C(C)Cl)[C@H]2O[C@](C)(SC)[C@H](OCOC[C@@H](NC(=O)C(C)(Cl)Cl)[C@H](O)c3ccc([N+](=O)[O-])cc3)[C@@H](O)[C@H]2O)N(C)C1. The monoisotopic (exact) mass is 786 g/mol. The number of alkyl halides is 3. The molecule has 0 aromatic heterocycles. The molecule has 284 valence electrons. The Bertz CT molecular complexity index is 1300. The first-order valence-electron chi connectivity index (χ1n) is 16.4. The Morgan fingerprint density at radius 2 is 1.88 bits per heavy atom. The lowest BCUT2D eigenvalue weighted by molar-refractivity contribution is -0.384. The molecule has 3 unspecified atom stereocenters. The van der Waals surface area contributed by atoms with E-state index in [1.807, 2.05) is 11.9 Å². The molecule has 2 amide bonds. The smallest absolute Gasteiger partial charge is 0.269 e. The second kappa shape index (κ2) is 18.5. The number of ether oxygens (including phenoxy) is 3. The number of nitro groups is 1. The van der Waals surface area contributed by atoms with Gasteiger partial charge in [-0.05, 0) is 70.5 Å². The van der Waals surface area contributed by atoms with Crippen molar-refractivity contribution in [2.45, 2.75) is 110 Å². The van der Waals surface area contributed by atoms with Crippen LogP contribution in [0.5, 0.6) is 0 Å². The lowest BCUT2D eigenvalue weighted by Crippen LogP contribution is -2.68. The van der Waals surface area contributed by atoms with Crippen molar-refractivity contribution < 1.29 is 44.0 Å². The van der Waals surface area contributed by atoms with Crippen LogP contribution in [0, 0.1) is 16.0 Å². The van der Waals surface area contributed by atoms with E-state index in [1.54, 1.807) is 20.1 Å². The molecule has 2 aliphatic heterocycles. The highest BCUT2D eigenvalue weighted by atomic mass is 35.5. The number of nitrogens with one attached hydrogen (secondary N) is 2. The number of nitrogens with zero attached hydrogens (tertiary/aromatic N) is 2. The fourth-order valence-corrected chi connectivity index (χ4v) is 7.33. The first-order chi connectivity index (χ1) is 23.3. The van der Waals surface area contributed by atoms with E-state index >= 15 is 0 Å². The number of carbonyl (C=O) groups excluding carboxylic acids is 2. The molecule has 50 heavy (non-hydrogen) atoms. The molecule has 0 saturated carbocycles. The maximum absolute atomic E-state index is 13.4. The highest BCUT2D eigenvalue weighted by Gasteiger charge is 2.55. The number of likely N-dealkylation sites (tertiary alicyclic amines) is 1. The van der Waals surface area contributed by atoms with Crippen molar-refractivity contribution in [2.75, 3.05) is 33.2 Å². The second-order valence-corrected chi connectivity index (χ2v) is 16.8. The van der Waals surface area contributed by atoms with Crippen molar-refractivity contribution in [1.29, 1.82) is 0 Å². The molecule has 0 bridgehead atoms. The van der Waals surface area contributed by atoms with Gasteiger partial charge in [-0.1, -0.05) is 36.5 Å². The Hall–Kier alpha value is -1.50. The summed E-state index contributed by atoms with van der Waals surface area (Å²) in [6, 6.07) is 2.74. The summed E-state index contributed by atoms with van der Waals surface area (Å²) in [5.41, 5.74) is 0.0537. The van der Waals surface area contributed by atoms with E-state index < -0.39 is 74.9 Å². The molecule has 11 atom stereocenters. The molecular weight excluding hydrogens is 739 g/mol. The highest BCUT2D eigenvalue weighted by molar-refractivity contribution is 7.99. The number of benzene rings is 1. The lowest BCUT2D eigenvalue weighted by Gasteiger charge is -2.50. The molecule has 2 aliphatic rings. The zero-order valence-corrected chi connectivity index (χ0v) is 32.0. The average molecular weight is 788 g/mol. The number of amides is 2. The summed E-state index contributed by atoms with van der Waals surface area (Å²) in [4.78, 5) is 37.3. The van der Waals surface area contributed by atoms with Gasteiger partial charge in [-0.15, -0.1) is 23.4 Å². The molecule has 2 saturated heterocycles. The quantitative estimate of drug-likeness (QED) is 0.0511. The van der Waals surface area contributed by atoms with Crippen LogP contribution in [0.4, 0.5) is 5.69 Å². The van der Waals surface area contributed by atoms with Gasteiger partial charge in [0.25, 0.3) is 11.6 Å². The fraction of sp³-hybridized carbons (Fsp3) is 0.750. The zero-order valence-electron chi connectivity index (χ0n) is 29.0. The minimum absolute atomic E-state index is 0.189. The topological polar surface area (TPSA) is 193 Å². The second-order valence-electron chi connectivity index (χ2n) is 13.2. The molecule has 0 aliphatic carbocycles. The van der Waals surface area contributed by atoms with Crippen LogP contribution in [0.2, 0.25) is 0 Å². The molecule has 2 heterocycles. The van der Waals surface area contributed by atoms with Crippen LogP contribution >= 0.6 is 46.6 Å². The van der Waals surface area contributed by atoms with Gasteiger partial charge >= 0.3 is 0 Å². The average Bonchev–Trinajstić information content (AvgIpc) is 3.43. The van der Waals surface area contributed by atoms with Gasteiger partial charge in [-0.2, -0.15) is 0 Å². The summed E-state index contributed by atoms with van der Waals surface area (Å²) in [7, 11) is 1.91. The summed E-state index contributed by atoms with van der Waals surface area (Å²) in [5.74, 6) is -0.649. The van der Waals surface area contributed by atoms with Gasteiger partial charge in [0, 0.05) is 18.7 Å². The Kier molecular flexibility index (Phi) is 15.9. The summed E-state index contributed by atoms with van der Waals surface area (Å²) in [5, 5.41) is 49.6. The molecule has 2 fully saturated rings. The van der Waals surface area contributed by atoms with Crippen molar-refractivity contribution in [3.05, 3.63) is 39.9 Å². The van der Waals surface area contributed by atoms with Crippen LogP contribution in [0.3, 0.4) is 0 Å². The van der Waals surface area contributed by atoms with E-state index in [2.05, 4.69) is 17.6 Å². The maximum atomic E-state index is 13.4. The minimum atomic E-state index is -1.84. The van der Waals surface area contributed by atoms with E-state index in [0.717, 1.165) is 19.4 Å². The predicted octanol–water partition coefficient (Wildman–Crippen LogP) is 3.10. The third-order valence-corrected chi connectivity index (χ3v) is 11.0. The van der Waals surface area contributed by atoms with Crippen LogP contribution in [0.1, 0.15) is 58.6 Å². The van der Waals surface area contributed by atoms with Gasteiger partial charge in [0.05, 0.1) is 35.0 Å². The van der Waals surface area contributed by atoms with E-state index in [-0.39, 0.29) is 29.8 Å². The lowest BCUT2D eigenvalue weighted by atomic mass is 9.89. The number of halogens is 3. The molecule has 5 N–H and O–H groups in total. The Morgan fingerprint density at radius 1 is 1.24 bits per heavy atom. The molecule has 14 nitrogen and oxygen atoms in total. The largest absolute Gasteiger partial charge is 0.388 e. The predicted molar refractivity (Wildman–Crippen MR) is 191 cm³/mol. The number of non-ortho nitro benzene ring substituents is 1. The summed E-state index contributed by atoms with van der Waals surface area (Å²) in [6.07, 6.45) is -2.14. The number of likely N-dealkylation sites (N-methyl/N-ethyl adjacent to an activating group) is 1. The van der Waals surface area contributed by atoms with Crippen molar-refractivity contribution in [1.82, 2.24) is 15.5 Å². The van der Waals surface area contributed by atoms with Crippen molar-refractivity contribution in [3.8, 4) is 0 Å². The molecular formula is C32H49Cl3N4O10S. The van der Waals surface area contributed by atoms with E-state index in [9.17, 15) is 35.0 Å². The number of aliphatic hydroxyl groups excluding tert-OH is 3. The minimum Gasteiger partial charge on any atom is -0.388 e. The molecule has 3 rings (SSSR count). The summed E-state index contributed by atoms with van der Waals surface area (Å²) < 4.78 is 16.1. The van der Waals surface area contributed by atoms with E-state index in [1.165, 1.54) is 43.0 Å². The number of thioether (sulfide) groups is 1. The number of nitro benzene ring substituents is 1. The zero-order chi connectivity index (χ0) is 37.6. The van der Waals surface area contributed by atoms with Crippen LogP contribution < -0.4 is 10.6 Å². The first-order valence-corrected chi connectivity index (χ1v) is 18.8. The standard InChI is InChI=1S/C32H49Cl3N4O10S/c1-7-8-18-13-22(38(5)14-18)29(43)37-23(17(2)33)27-25(41)26(42)28(32(4,49-27)50-6)48-16-47-15-21(36-30(44)31(3,34)35)24(40)19-9-11-20(12-10-19)39(45)46/h9-12,17-18,21-28,40-42H,7-8,13-16H2,1-6H3,(H,36,44)(H,37,43)/t17?,18?,21-,22?,23-,24-,25-,26+,27-,28-,32-/m1/s1. The fourth-order valence-electron chi connectivity index (χ4n) is 6.37. The molecule has 0 radical (unpaired) electrons. The van der Waals surface area contributed by atoms with Crippen LogP contribution in [-0.4, -0.2) is 127 Å². The van der Waals surface area contributed by atoms with E-state index in [4.69, 9.17) is 49.0 Å². The van der Waals surface area contributed by atoms with Crippen molar-refractivity contribution in [2.24, 2.45) is 5.92 Å². The normalized spacial score (nSPS) is 29.9. The van der Waals surface area contributed by atoms with Crippen LogP contribution in [0.15, 0.2) is 24.3 Å². The number of hydrogen-bond acceptors (Lipinski definition) is 12. The number of hydrogen-bond donors (Lipinski definition) is 5. The van der Waals surface area contributed by atoms with Gasteiger partial charge in [0.1, 0.15) is 42.2 Å².